The Labute approximate surface area is 86.2 Å². The molecule has 0 aliphatic carbocycles. The van der Waals surface area contributed by atoms with Gasteiger partial charge in [-0.2, -0.15) is 0 Å². The van der Waals surface area contributed by atoms with Crippen LogP contribution >= 0.6 is 11.3 Å². The summed E-state index contributed by atoms with van der Waals surface area (Å²) in [7, 11) is 0. The van der Waals surface area contributed by atoms with Gasteiger partial charge in [0.05, 0.1) is 23.8 Å². The molecule has 2 N–H and O–H groups in total. The first-order valence-electron chi connectivity index (χ1n) is 4.74. The van der Waals surface area contributed by atoms with E-state index in [0.717, 1.165) is 13.0 Å². The van der Waals surface area contributed by atoms with Crippen molar-refractivity contribution in [2.24, 2.45) is 0 Å². The summed E-state index contributed by atoms with van der Waals surface area (Å²) in [5, 5.41) is 5.62. The number of aromatic amines is 1. The van der Waals surface area contributed by atoms with E-state index in [4.69, 9.17) is 0 Å². The summed E-state index contributed by atoms with van der Waals surface area (Å²) in [4.78, 5) is 8.91. The van der Waals surface area contributed by atoms with Crippen molar-refractivity contribution < 1.29 is 0 Å². The van der Waals surface area contributed by atoms with Crippen molar-refractivity contribution in [2.75, 3.05) is 6.54 Å². The molecule has 3 rings (SSSR count). The zero-order valence-electron chi connectivity index (χ0n) is 7.66. The smallest absolute Gasteiger partial charge is 0.0925 e. The minimum atomic E-state index is 0.321. The summed E-state index contributed by atoms with van der Waals surface area (Å²) in [5.41, 5.74) is 2.45. The number of imidazole rings is 1. The highest BCUT2D eigenvalue weighted by molar-refractivity contribution is 7.10. The van der Waals surface area contributed by atoms with E-state index in [2.05, 4.69) is 32.8 Å². The van der Waals surface area contributed by atoms with Gasteiger partial charge >= 0.3 is 0 Å². The second-order valence-corrected chi connectivity index (χ2v) is 4.39. The molecule has 0 unspecified atom stereocenters. The number of hydrogen-bond donors (Lipinski definition) is 2. The van der Waals surface area contributed by atoms with Crippen LogP contribution in [0.25, 0.3) is 0 Å². The molecule has 0 radical (unpaired) electrons. The van der Waals surface area contributed by atoms with Crippen LogP contribution in [0.4, 0.5) is 0 Å². The monoisotopic (exact) mass is 205 g/mol. The van der Waals surface area contributed by atoms with Crippen molar-refractivity contribution in [3.63, 3.8) is 0 Å². The van der Waals surface area contributed by atoms with Crippen LogP contribution in [0.3, 0.4) is 0 Å². The first-order chi connectivity index (χ1) is 6.95. The van der Waals surface area contributed by atoms with Crippen molar-refractivity contribution >= 4 is 11.3 Å². The molecule has 2 aromatic rings. The Morgan fingerprint density at radius 3 is 3.36 bits per heavy atom. The Morgan fingerprint density at radius 1 is 1.50 bits per heavy atom. The molecule has 0 aromatic carbocycles. The fraction of sp³-hybridized carbons (Fsp3) is 0.300. The molecule has 14 heavy (non-hydrogen) atoms. The third-order valence-electron chi connectivity index (χ3n) is 2.58. The fourth-order valence-corrected chi connectivity index (χ4v) is 2.73. The van der Waals surface area contributed by atoms with Crippen molar-refractivity contribution in [3.8, 4) is 0 Å². The minimum Gasteiger partial charge on any atom is -0.347 e. The average Bonchev–Trinajstić information content (AvgIpc) is 2.88. The maximum absolute atomic E-state index is 4.33. The van der Waals surface area contributed by atoms with Gasteiger partial charge in [-0.05, 0) is 11.4 Å². The van der Waals surface area contributed by atoms with Gasteiger partial charge in [-0.3, -0.25) is 0 Å². The summed E-state index contributed by atoms with van der Waals surface area (Å²) < 4.78 is 0. The molecule has 4 heteroatoms. The van der Waals surface area contributed by atoms with E-state index in [0.29, 0.717) is 6.04 Å². The highest BCUT2D eigenvalue weighted by Crippen LogP contribution is 2.28. The van der Waals surface area contributed by atoms with Crippen molar-refractivity contribution in [2.45, 2.75) is 12.5 Å². The van der Waals surface area contributed by atoms with Crippen LogP contribution < -0.4 is 5.32 Å². The molecule has 1 atom stereocenters. The van der Waals surface area contributed by atoms with E-state index in [1.54, 1.807) is 17.7 Å². The number of fused-ring (bicyclic) bond motifs is 1. The minimum absolute atomic E-state index is 0.321. The molecular weight excluding hydrogens is 194 g/mol. The highest BCUT2D eigenvalue weighted by Gasteiger charge is 2.23. The maximum Gasteiger partial charge on any atom is 0.0925 e. The lowest BCUT2D eigenvalue weighted by atomic mass is 10.0. The van der Waals surface area contributed by atoms with Crippen LogP contribution in [0.2, 0.25) is 0 Å². The molecule has 0 amide bonds. The van der Waals surface area contributed by atoms with E-state index in [-0.39, 0.29) is 0 Å². The summed E-state index contributed by atoms with van der Waals surface area (Å²) in [6.45, 7) is 1.01. The second-order valence-electron chi connectivity index (χ2n) is 3.42. The lowest BCUT2D eigenvalue weighted by Gasteiger charge is -2.21. The van der Waals surface area contributed by atoms with Gasteiger partial charge in [0.1, 0.15) is 0 Å². The van der Waals surface area contributed by atoms with Crippen molar-refractivity contribution in [1.29, 1.82) is 0 Å². The van der Waals surface area contributed by atoms with Gasteiger partial charge in [-0.1, -0.05) is 6.07 Å². The number of nitrogens with zero attached hydrogens (tertiary/aromatic N) is 1. The van der Waals surface area contributed by atoms with Crippen LogP contribution in [0.5, 0.6) is 0 Å². The Kier molecular flexibility index (Phi) is 1.89. The van der Waals surface area contributed by atoms with Crippen molar-refractivity contribution in [1.82, 2.24) is 15.3 Å². The normalized spacial score (nSPS) is 20.7. The number of aromatic nitrogens is 2. The Balaban J connectivity index is 2.04. The standard InChI is InChI=1S/C10H11N3S/c1-2-8(14-5-1)10-9-7(3-4-11-10)12-6-13-9/h1-2,5-6,10-11H,3-4H2,(H,12,13)/t10-/m1/s1. The molecule has 1 aliphatic rings. The molecule has 0 fully saturated rings. The van der Waals surface area contributed by atoms with Gasteiger partial charge in [0.2, 0.25) is 0 Å². The fourth-order valence-electron chi connectivity index (χ4n) is 1.92. The number of thiophene rings is 1. The summed E-state index contributed by atoms with van der Waals surface area (Å²) in [6, 6.07) is 4.58. The van der Waals surface area contributed by atoms with E-state index in [1.807, 2.05) is 0 Å². The Hall–Kier alpha value is -1.13. The molecule has 0 saturated carbocycles. The topological polar surface area (TPSA) is 40.7 Å². The van der Waals surface area contributed by atoms with E-state index >= 15 is 0 Å². The number of hydrogen-bond acceptors (Lipinski definition) is 3. The Morgan fingerprint density at radius 2 is 2.50 bits per heavy atom. The molecule has 0 spiro atoms. The molecular formula is C10H11N3S. The van der Waals surface area contributed by atoms with E-state index in [1.165, 1.54) is 16.3 Å². The predicted molar refractivity (Wildman–Crippen MR) is 56.5 cm³/mol. The number of H-pyrrole nitrogens is 1. The zero-order chi connectivity index (χ0) is 9.38. The van der Waals surface area contributed by atoms with E-state index in [9.17, 15) is 0 Å². The zero-order valence-corrected chi connectivity index (χ0v) is 8.47. The van der Waals surface area contributed by atoms with Crippen LogP contribution in [-0.2, 0) is 6.42 Å². The molecule has 1 aliphatic heterocycles. The van der Waals surface area contributed by atoms with Gasteiger partial charge in [0.25, 0.3) is 0 Å². The molecule has 72 valence electrons. The number of rotatable bonds is 1. The summed E-state index contributed by atoms with van der Waals surface area (Å²) >= 11 is 1.79. The molecule has 0 bridgehead atoms. The first kappa shape index (κ1) is 8.20. The Bertz CT molecular complexity index is 418. The summed E-state index contributed by atoms with van der Waals surface area (Å²) in [5.74, 6) is 0. The second kappa shape index (κ2) is 3.22. The van der Waals surface area contributed by atoms with E-state index < -0.39 is 0 Å². The van der Waals surface area contributed by atoms with Gasteiger partial charge < -0.3 is 10.3 Å². The van der Waals surface area contributed by atoms with Crippen molar-refractivity contribution in [3.05, 3.63) is 40.1 Å². The number of nitrogens with one attached hydrogen (secondary N) is 2. The maximum atomic E-state index is 4.33. The lowest BCUT2D eigenvalue weighted by molar-refractivity contribution is 0.560. The summed E-state index contributed by atoms with van der Waals surface area (Å²) in [6.07, 6.45) is 2.82. The van der Waals surface area contributed by atoms with Gasteiger partial charge in [0.15, 0.2) is 0 Å². The van der Waals surface area contributed by atoms with Crippen LogP contribution in [0.1, 0.15) is 22.3 Å². The predicted octanol–water partition coefficient (Wildman–Crippen LogP) is 1.71. The molecule has 2 aromatic heterocycles. The average molecular weight is 205 g/mol. The van der Waals surface area contributed by atoms with Gasteiger partial charge in [-0.25, -0.2) is 4.98 Å². The van der Waals surface area contributed by atoms with Crippen LogP contribution in [-0.4, -0.2) is 16.5 Å². The van der Waals surface area contributed by atoms with Gasteiger partial charge in [-0.15, -0.1) is 11.3 Å². The third-order valence-corrected chi connectivity index (χ3v) is 3.52. The van der Waals surface area contributed by atoms with Gasteiger partial charge in [0, 0.05) is 17.8 Å². The first-order valence-corrected chi connectivity index (χ1v) is 5.62. The highest BCUT2D eigenvalue weighted by atomic mass is 32.1. The van der Waals surface area contributed by atoms with Crippen LogP contribution in [0.15, 0.2) is 23.8 Å². The molecule has 3 heterocycles. The molecule has 3 nitrogen and oxygen atoms in total. The largest absolute Gasteiger partial charge is 0.347 e. The SMILES string of the molecule is c1csc([C@H]2NCCc3nc[nH]c32)c1. The third kappa shape index (κ3) is 1.19. The molecule has 0 saturated heterocycles. The lowest BCUT2D eigenvalue weighted by Crippen LogP contribution is -2.30. The van der Waals surface area contributed by atoms with Crippen LogP contribution in [0, 0.1) is 0 Å². The quantitative estimate of drug-likeness (QED) is 0.744.